The van der Waals surface area contributed by atoms with Gasteiger partial charge in [-0.2, -0.15) is 0 Å². The highest BCUT2D eigenvalue weighted by molar-refractivity contribution is 6.25. The number of hydrogen-bond donors (Lipinski definition) is 0. The molecule has 0 radical (unpaired) electrons. The fourth-order valence-electron chi connectivity index (χ4n) is 2.30. The van der Waals surface area contributed by atoms with Crippen molar-refractivity contribution in [3.05, 3.63) is 47.0 Å². The standard InChI is InChI=1S/C18H26Cl2/c19-15-7-3-1-5-9-17-11-13-18(14-12-17)10-6-2-4-8-16-20/h7,11-15H,1-6,8-10,16H2/b15-7+. The first kappa shape index (κ1) is 17.6. The lowest BCUT2D eigenvalue weighted by Crippen LogP contribution is -1.89. The third kappa shape index (κ3) is 8.66. The van der Waals surface area contributed by atoms with E-state index in [1.165, 1.54) is 56.1 Å². The zero-order valence-corrected chi connectivity index (χ0v) is 13.8. The smallest absolute Gasteiger partial charge is 0.0223 e. The molecule has 0 heterocycles. The molecule has 0 amide bonds. The van der Waals surface area contributed by atoms with Crippen LogP contribution >= 0.6 is 23.2 Å². The van der Waals surface area contributed by atoms with Crippen molar-refractivity contribution in [1.29, 1.82) is 0 Å². The van der Waals surface area contributed by atoms with E-state index in [4.69, 9.17) is 23.2 Å². The second-order valence-electron chi connectivity index (χ2n) is 5.28. The summed E-state index contributed by atoms with van der Waals surface area (Å²) in [6, 6.07) is 9.14. The summed E-state index contributed by atoms with van der Waals surface area (Å²) in [5.41, 5.74) is 4.53. The quantitative estimate of drug-likeness (QED) is 0.323. The van der Waals surface area contributed by atoms with Crippen LogP contribution in [0.2, 0.25) is 0 Å². The van der Waals surface area contributed by atoms with Gasteiger partial charge in [-0.05, 0) is 56.1 Å². The van der Waals surface area contributed by atoms with Crippen LogP contribution in [-0.4, -0.2) is 5.88 Å². The second-order valence-corrected chi connectivity index (χ2v) is 5.91. The van der Waals surface area contributed by atoms with Crippen molar-refractivity contribution in [2.45, 2.75) is 57.8 Å². The number of unbranched alkanes of at least 4 members (excludes halogenated alkanes) is 5. The molecule has 0 spiro atoms. The number of aryl methyl sites for hydroxylation is 2. The number of alkyl halides is 1. The molecular formula is C18H26Cl2. The second kappa shape index (κ2) is 12.3. The van der Waals surface area contributed by atoms with Crippen LogP contribution in [0, 0.1) is 0 Å². The zero-order valence-electron chi connectivity index (χ0n) is 12.3. The molecule has 0 nitrogen and oxygen atoms in total. The molecule has 0 bridgehead atoms. The maximum absolute atomic E-state index is 5.67. The predicted molar refractivity (Wildman–Crippen MR) is 91.9 cm³/mol. The average molecular weight is 313 g/mol. The Morgan fingerprint density at radius 3 is 1.85 bits per heavy atom. The summed E-state index contributed by atoms with van der Waals surface area (Å²) in [6.07, 6.45) is 12.9. The monoisotopic (exact) mass is 312 g/mol. The van der Waals surface area contributed by atoms with Crippen LogP contribution in [0.5, 0.6) is 0 Å². The van der Waals surface area contributed by atoms with Crippen LogP contribution in [0.25, 0.3) is 0 Å². The summed E-state index contributed by atoms with van der Waals surface area (Å²) < 4.78 is 0. The van der Waals surface area contributed by atoms with E-state index in [9.17, 15) is 0 Å². The normalized spacial score (nSPS) is 11.3. The molecule has 112 valence electrons. The van der Waals surface area contributed by atoms with E-state index >= 15 is 0 Å². The van der Waals surface area contributed by atoms with E-state index in [1.807, 2.05) is 6.08 Å². The summed E-state index contributed by atoms with van der Waals surface area (Å²) in [6.45, 7) is 0. The maximum atomic E-state index is 5.67. The predicted octanol–water partition coefficient (Wildman–Crippen LogP) is 6.49. The third-order valence-corrected chi connectivity index (χ3v) is 3.99. The summed E-state index contributed by atoms with van der Waals surface area (Å²) in [5.74, 6) is 0.801. The van der Waals surface area contributed by atoms with Crippen LogP contribution in [0.1, 0.15) is 56.1 Å². The van der Waals surface area contributed by atoms with Crippen LogP contribution < -0.4 is 0 Å². The summed E-state index contributed by atoms with van der Waals surface area (Å²) in [4.78, 5) is 0. The summed E-state index contributed by atoms with van der Waals surface area (Å²) in [7, 11) is 0. The SMILES string of the molecule is Cl/C=C/CCCCc1ccc(CCCCCCCl)cc1. The van der Waals surface area contributed by atoms with Crippen molar-refractivity contribution in [2.75, 3.05) is 5.88 Å². The molecule has 2 heteroatoms. The molecule has 0 aromatic heterocycles. The Balaban J connectivity index is 2.16. The Morgan fingerprint density at radius 1 is 0.750 bits per heavy atom. The molecule has 0 unspecified atom stereocenters. The summed E-state index contributed by atoms with van der Waals surface area (Å²) >= 11 is 11.2. The van der Waals surface area contributed by atoms with Crippen molar-refractivity contribution >= 4 is 23.2 Å². The molecule has 0 saturated carbocycles. The minimum absolute atomic E-state index is 0.801. The van der Waals surface area contributed by atoms with E-state index in [-0.39, 0.29) is 0 Å². The largest absolute Gasteiger partial charge is 0.127 e. The molecule has 1 aromatic carbocycles. The maximum Gasteiger partial charge on any atom is 0.0223 e. The van der Waals surface area contributed by atoms with Gasteiger partial charge >= 0.3 is 0 Å². The molecule has 0 aliphatic heterocycles. The Hall–Kier alpha value is -0.460. The molecule has 20 heavy (non-hydrogen) atoms. The van der Waals surface area contributed by atoms with E-state index in [2.05, 4.69) is 24.3 Å². The molecule has 0 saturated heterocycles. The number of rotatable bonds is 11. The van der Waals surface area contributed by atoms with Crippen LogP contribution in [0.4, 0.5) is 0 Å². The lowest BCUT2D eigenvalue weighted by Gasteiger charge is -2.04. The minimum atomic E-state index is 0.801. The number of benzene rings is 1. The van der Waals surface area contributed by atoms with E-state index in [1.54, 1.807) is 5.54 Å². The lowest BCUT2D eigenvalue weighted by atomic mass is 10.0. The highest BCUT2D eigenvalue weighted by Crippen LogP contribution is 2.12. The Bertz CT molecular complexity index is 354. The van der Waals surface area contributed by atoms with Crippen molar-refractivity contribution < 1.29 is 0 Å². The van der Waals surface area contributed by atoms with Gasteiger partial charge in [-0.3, -0.25) is 0 Å². The number of halogens is 2. The fourth-order valence-corrected chi connectivity index (χ4v) is 2.62. The number of hydrogen-bond acceptors (Lipinski definition) is 0. The molecule has 0 atom stereocenters. The van der Waals surface area contributed by atoms with Crippen LogP contribution in [-0.2, 0) is 12.8 Å². The van der Waals surface area contributed by atoms with Gasteiger partial charge in [0.2, 0.25) is 0 Å². The van der Waals surface area contributed by atoms with Crippen LogP contribution in [0.3, 0.4) is 0 Å². The van der Waals surface area contributed by atoms with E-state index in [0.717, 1.165) is 18.7 Å². The topological polar surface area (TPSA) is 0 Å². The zero-order chi connectivity index (χ0) is 14.5. The van der Waals surface area contributed by atoms with Crippen molar-refractivity contribution in [3.8, 4) is 0 Å². The van der Waals surface area contributed by atoms with E-state index in [0.29, 0.717) is 0 Å². The van der Waals surface area contributed by atoms with Crippen molar-refractivity contribution in [3.63, 3.8) is 0 Å². The first-order valence-corrected chi connectivity index (χ1v) is 8.73. The Morgan fingerprint density at radius 2 is 1.30 bits per heavy atom. The van der Waals surface area contributed by atoms with Gasteiger partial charge in [-0.15, -0.1) is 11.6 Å². The minimum Gasteiger partial charge on any atom is -0.127 e. The first-order valence-electron chi connectivity index (χ1n) is 7.76. The summed E-state index contributed by atoms with van der Waals surface area (Å²) in [5, 5.41) is 0. The molecule has 0 fully saturated rings. The van der Waals surface area contributed by atoms with Gasteiger partial charge < -0.3 is 0 Å². The van der Waals surface area contributed by atoms with Gasteiger partial charge in [0.1, 0.15) is 0 Å². The van der Waals surface area contributed by atoms with Gasteiger partial charge in [-0.1, -0.05) is 54.8 Å². The van der Waals surface area contributed by atoms with Gasteiger partial charge in [-0.25, -0.2) is 0 Å². The average Bonchev–Trinajstić information content (AvgIpc) is 2.48. The number of allylic oxidation sites excluding steroid dienone is 1. The Kier molecular flexibility index (Phi) is 10.8. The Labute approximate surface area is 134 Å². The van der Waals surface area contributed by atoms with Gasteiger partial charge in [0, 0.05) is 11.4 Å². The van der Waals surface area contributed by atoms with Crippen molar-refractivity contribution in [2.24, 2.45) is 0 Å². The first-order chi connectivity index (χ1) is 9.86. The highest BCUT2D eigenvalue weighted by Gasteiger charge is 1.96. The molecule has 0 aliphatic rings. The molecule has 0 N–H and O–H groups in total. The molecule has 1 aromatic rings. The van der Waals surface area contributed by atoms with Gasteiger partial charge in [0.15, 0.2) is 0 Å². The third-order valence-electron chi connectivity index (χ3n) is 3.55. The lowest BCUT2D eigenvalue weighted by molar-refractivity contribution is 0.669. The van der Waals surface area contributed by atoms with E-state index < -0.39 is 0 Å². The van der Waals surface area contributed by atoms with Crippen LogP contribution in [0.15, 0.2) is 35.9 Å². The van der Waals surface area contributed by atoms with Gasteiger partial charge in [0.25, 0.3) is 0 Å². The fraction of sp³-hybridized carbons (Fsp3) is 0.556. The highest BCUT2D eigenvalue weighted by atomic mass is 35.5. The van der Waals surface area contributed by atoms with Gasteiger partial charge in [0.05, 0.1) is 0 Å². The van der Waals surface area contributed by atoms with Crippen molar-refractivity contribution in [1.82, 2.24) is 0 Å². The molecule has 0 aliphatic carbocycles. The molecular weight excluding hydrogens is 287 g/mol. The molecule has 1 rings (SSSR count).